The Balaban J connectivity index is -0.0000000506. The normalized spacial score (nSPS) is 10.0. The van der Waals surface area contributed by atoms with Crippen molar-refractivity contribution in [1.82, 2.24) is 0 Å². The molecule has 0 N–H and O–H groups in total. The zero-order valence-electron chi connectivity index (χ0n) is 8.00. The Morgan fingerprint density at radius 1 is 1.23 bits per heavy atom. The van der Waals surface area contributed by atoms with Crippen LogP contribution < -0.4 is 24.8 Å². The van der Waals surface area contributed by atoms with Crippen LogP contribution in [0.3, 0.4) is 0 Å². The third kappa shape index (κ3) is 24.5. The van der Waals surface area contributed by atoms with Crippen molar-refractivity contribution in [3.63, 3.8) is 0 Å². The van der Waals surface area contributed by atoms with E-state index in [1.165, 1.54) is 0 Å². The third-order valence-electron chi connectivity index (χ3n) is 1.03. The summed E-state index contributed by atoms with van der Waals surface area (Å²) in [5.41, 5.74) is 0. The molecule has 0 amide bonds. The second kappa shape index (κ2) is 22.9. The Morgan fingerprint density at radius 3 is 1.85 bits per heavy atom. The number of rotatable bonds is 2. The third-order valence-corrected chi connectivity index (χ3v) is 1.03. The Bertz CT molecular complexity index is 104. The molecule has 0 aromatic carbocycles. The van der Waals surface area contributed by atoms with Gasteiger partial charge in [0.1, 0.15) is 0 Å². The molecular weight excluding hydrogens is 244 g/mol. The molecule has 0 saturated heterocycles. The number of allylic oxidation sites excluding steroid dienone is 4. The van der Waals surface area contributed by atoms with Crippen molar-refractivity contribution >= 4 is 0 Å². The molecule has 0 atom stereocenters. The number of nitrogens with zero attached hydrogens (tertiary/aromatic N) is 1. The van der Waals surface area contributed by atoms with Crippen LogP contribution in [-0.4, -0.2) is 13.1 Å². The van der Waals surface area contributed by atoms with Crippen molar-refractivity contribution in [3.05, 3.63) is 29.6 Å². The van der Waals surface area contributed by atoms with E-state index in [1.807, 2.05) is 26.0 Å². The fourth-order valence-corrected chi connectivity index (χ4v) is 0.564. The quantitative estimate of drug-likeness (QED) is 0.462. The minimum Gasteiger partial charge on any atom is -1.00 e. The first-order chi connectivity index (χ1) is 4.91. The Labute approximate surface area is 106 Å². The van der Waals surface area contributed by atoms with Crippen molar-refractivity contribution < 1.29 is 43.4 Å². The number of halogens is 2. The zero-order chi connectivity index (χ0) is 7.66. The fourth-order valence-electron chi connectivity index (χ4n) is 0.564. The molecule has 1 aliphatic carbocycles. The summed E-state index contributed by atoms with van der Waals surface area (Å²) in [5, 5.41) is 3.97. The molecule has 0 heterocycles. The van der Waals surface area contributed by atoms with Gasteiger partial charge >= 0.3 is 18.6 Å². The van der Waals surface area contributed by atoms with Crippen LogP contribution in [0.1, 0.15) is 20.3 Å². The van der Waals surface area contributed by atoms with Gasteiger partial charge in [-0.25, -0.2) is 12.2 Å². The summed E-state index contributed by atoms with van der Waals surface area (Å²) in [4.78, 5) is 0. The van der Waals surface area contributed by atoms with Crippen molar-refractivity contribution in [2.24, 2.45) is 0 Å². The van der Waals surface area contributed by atoms with E-state index < -0.39 is 0 Å². The molecule has 0 aliphatic heterocycles. The van der Waals surface area contributed by atoms with Crippen LogP contribution in [0.15, 0.2) is 18.2 Å². The second-order valence-corrected chi connectivity index (χ2v) is 1.86. The van der Waals surface area contributed by atoms with Crippen molar-refractivity contribution in [2.75, 3.05) is 13.1 Å². The molecule has 0 unspecified atom stereocenters. The average Bonchev–Trinajstić information content (AvgIpc) is 2.44. The van der Waals surface area contributed by atoms with Gasteiger partial charge in [0.05, 0.1) is 0 Å². The van der Waals surface area contributed by atoms with Gasteiger partial charge in [0.2, 0.25) is 0 Å². The van der Waals surface area contributed by atoms with E-state index in [0.29, 0.717) is 0 Å². The molecule has 0 fully saturated rings. The van der Waals surface area contributed by atoms with Gasteiger partial charge in [-0.3, -0.25) is 6.08 Å². The van der Waals surface area contributed by atoms with E-state index in [2.05, 4.69) is 17.5 Å². The Morgan fingerprint density at radius 2 is 1.77 bits per heavy atom. The van der Waals surface area contributed by atoms with E-state index in [0.717, 1.165) is 19.5 Å². The first-order valence-electron chi connectivity index (χ1n) is 3.76. The molecular formula is C9H15Cl2NV. The molecule has 0 saturated carbocycles. The summed E-state index contributed by atoms with van der Waals surface area (Å²) in [7, 11) is 0. The van der Waals surface area contributed by atoms with Crippen LogP contribution in [-0.2, 0) is 18.6 Å². The summed E-state index contributed by atoms with van der Waals surface area (Å²) >= 11 is 0. The maximum absolute atomic E-state index is 3.97. The standard InChI is InChI=1S/C5H5.C4H10N.2ClH.V/c1-2-4-5-3-1;1-3-5-4-2;;;/h1-3H,4H2;3-4H2,1-2H3;2*1H;/q2*-1;;;+4/p-2. The number of hydrogen-bond acceptors (Lipinski definition) is 0. The molecule has 4 heteroatoms. The molecule has 1 rings (SSSR count). The van der Waals surface area contributed by atoms with Crippen molar-refractivity contribution in [2.45, 2.75) is 20.3 Å². The van der Waals surface area contributed by atoms with Crippen molar-refractivity contribution in [3.8, 4) is 0 Å². The largest absolute Gasteiger partial charge is 4.00 e. The van der Waals surface area contributed by atoms with Gasteiger partial charge in [-0.15, -0.1) is 6.42 Å². The Kier molecular flexibility index (Phi) is 41.3. The van der Waals surface area contributed by atoms with Gasteiger partial charge in [0, 0.05) is 0 Å². The second-order valence-electron chi connectivity index (χ2n) is 1.86. The van der Waals surface area contributed by atoms with Gasteiger partial charge in [0.25, 0.3) is 0 Å². The van der Waals surface area contributed by atoms with Gasteiger partial charge in [-0.1, -0.05) is 13.8 Å². The monoisotopic (exact) mass is 258 g/mol. The van der Waals surface area contributed by atoms with Gasteiger partial charge in [-0.05, 0) is 0 Å². The van der Waals surface area contributed by atoms with E-state index in [-0.39, 0.29) is 43.4 Å². The zero-order valence-corrected chi connectivity index (χ0v) is 10.9. The molecule has 0 spiro atoms. The van der Waals surface area contributed by atoms with Crippen LogP contribution in [0.5, 0.6) is 0 Å². The Hall–Kier alpha value is 0.604. The molecule has 0 aromatic rings. The molecule has 1 radical (unpaired) electrons. The SMILES string of the molecule is CC[N-]CC.[C-]1=CC=CC1.[Cl-].[Cl-].[V+4]. The van der Waals surface area contributed by atoms with E-state index >= 15 is 0 Å². The van der Waals surface area contributed by atoms with Gasteiger partial charge in [-0.2, -0.15) is 19.2 Å². The summed E-state index contributed by atoms with van der Waals surface area (Å²) in [5.74, 6) is 0. The molecule has 1 aliphatic rings. The van der Waals surface area contributed by atoms with E-state index in [1.54, 1.807) is 0 Å². The topological polar surface area (TPSA) is 14.1 Å². The minimum atomic E-state index is 0. The summed E-state index contributed by atoms with van der Waals surface area (Å²) < 4.78 is 0. The minimum absolute atomic E-state index is 0. The van der Waals surface area contributed by atoms with Crippen LogP contribution >= 0.6 is 0 Å². The molecule has 13 heavy (non-hydrogen) atoms. The van der Waals surface area contributed by atoms with Crippen LogP contribution in [0.25, 0.3) is 5.32 Å². The van der Waals surface area contributed by atoms with Gasteiger partial charge < -0.3 is 30.1 Å². The molecule has 0 bridgehead atoms. The van der Waals surface area contributed by atoms with Crippen molar-refractivity contribution in [1.29, 1.82) is 0 Å². The maximum atomic E-state index is 3.97. The molecule has 75 valence electrons. The summed E-state index contributed by atoms with van der Waals surface area (Å²) in [6, 6.07) is 0. The van der Waals surface area contributed by atoms with Crippen LogP contribution in [0.4, 0.5) is 0 Å². The average molecular weight is 259 g/mol. The van der Waals surface area contributed by atoms with Crippen LogP contribution in [0.2, 0.25) is 0 Å². The molecule has 1 nitrogen and oxygen atoms in total. The van der Waals surface area contributed by atoms with E-state index in [9.17, 15) is 0 Å². The van der Waals surface area contributed by atoms with E-state index in [4.69, 9.17) is 0 Å². The first-order valence-corrected chi connectivity index (χ1v) is 3.76. The first kappa shape index (κ1) is 23.4. The predicted molar refractivity (Wildman–Crippen MR) is 46.0 cm³/mol. The van der Waals surface area contributed by atoms with Gasteiger partial charge in [0.15, 0.2) is 0 Å². The fraction of sp³-hybridized carbons (Fsp3) is 0.556. The summed E-state index contributed by atoms with van der Waals surface area (Å²) in [6.07, 6.45) is 10.0. The van der Waals surface area contributed by atoms with Crippen LogP contribution in [0, 0.1) is 6.08 Å². The predicted octanol–water partition coefficient (Wildman–Crippen LogP) is -3.29. The summed E-state index contributed by atoms with van der Waals surface area (Å²) in [6.45, 7) is 6.03. The smallest absolute Gasteiger partial charge is 1.00 e. The maximum Gasteiger partial charge on any atom is 4.00 e. The molecule has 0 aromatic heterocycles. The number of hydrogen-bond donors (Lipinski definition) is 0.